The zero-order chi connectivity index (χ0) is 13.8. The summed E-state index contributed by atoms with van der Waals surface area (Å²) in [6.07, 6.45) is 4.77. The lowest BCUT2D eigenvalue weighted by Crippen LogP contribution is -2.32. The summed E-state index contributed by atoms with van der Waals surface area (Å²) >= 11 is 3.65. The van der Waals surface area contributed by atoms with Crippen molar-refractivity contribution < 1.29 is 4.79 Å². The van der Waals surface area contributed by atoms with Gasteiger partial charge in [0.25, 0.3) is 5.91 Å². The Morgan fingerprint density at radius 2 is 2.00 bits per heavy atom. The van der Waals surface area contributed by atoms with Gasteiger partial charge in [0.15, 0.2) is 0 Å². The summed E-state index contributed by atoms with van der Waals surface area (Å²) in [5.41, 5.74) is 2.10. The number of carbonyl (C=O) groups is 1. The van der Waals surface area contributed by atoms with Crippen molar-refractivity contribution in [1.82, 2.24) is 15.5 Å². The first kappa shape index (κ1) is 14.4. The number of halogens is 1. The molecule has 2 rings (SSSR count). The van der Waals surface area contributed by atoms with Crippen LogP contribution in [0.15, 0.2) is 6.07 Å². The van der Waals surface area contributed by atoms with Crippen LogP contribution < -0.4 is 5.32 Å². The van der Waals surface area contributed by atoms with Gasteiger partial charge in [-0.15, -0.1) is 0 Å². The molecule has 1 aliphatic carbocycles. The van der Waals surface area contributed by atoms with Crippen molar-refractivity contribution in [2.24, 2.45) is 5.92 Å². The number of aromatic nitrogens is 2. The number of carbonyl (C=O) groups excluding carboxylic acids is 1. The molecule has 1 heterocycles. The number of rotatable bonds is 3. The van der Waals surface area contributed by atoms with Crippen LogP contribution >= 0.6 is 15.9 Å². The van der Waals surface area contributed by atoms with E-state index in [1.165, 1.54) is 25.7 Å². The number of amides is 1. The van der Waals surface area contributed by atoms with E-state index in [4.69, 9.17) is 0 Å². The Morgan fingerprint density at radius 1 is 1.32 bits per heavy atom. The van der Waals surface area contributed by atoms with Crippen LogP contribution in [0, 0.1) is 19.8 Å². The maximum atomic E-state index is 12.1. The number of nitrogens with zero attached hydrogens (tertiary/aromatic N) is 2. The second-order valence-corrected chi connectivity index (χ2v) is 6.61. The van der Waals surface area contributed by atoms with Crippen molar-refractivity contribution in [2.75, 3.05) is 6.54 Å². The Kier molecular flexibility index (Phi) is 4.91. The molecule has 4 nitrogen and oxygen atoms in total. The van der Waals surface area contributed by atoms with E-state index in [1.807, 2.05) is 13.8 Å². The van der Waals surface area contributed by atoms with Crippen LogP contribution in [0.25, 0.3) is 0 Å². The Labute approximate surface area is 122 Å². The molecule has 1 aromatic rings. The van der Waals surface area contributed by atoms with Gasteiger partial charge in [-0.05, 0) is 51.5 Å². The van der Waals surface area contributed by atoms with Gasteiger partial charge in [-0.2, -0.15) is 10.2 Å². The van der Waals surface area contributed by atoms with Crippen molar-refractivity contribution in [2.45, 2.75) is 44.4 Å². The van der Waals surface area contributed by atoms with E-state index in [9.17, 15) is 4.79 Å². The molecule has 1 fully saturated rings. The summed E-state index contributed by atoms with van der Waals surface area (Å²) in [5, 5.41) is 11.0. The maximum absolute atomic E-state index is 12.1. The quantitative estimate of drug-likeness (QED) is 0.869. The average Bonchev–Trinajstić information content (AvgIpc) is 2.40. The smallest absolute Gasteiger partial charge is 0.253 e. The monoisotopic (exact) mass is 325 g/mol. The first-order chi connectivity index (χ1) is 9.06. The Bertz CT molecular complexity index is 456. The molecule has 104 valence electrons. The minimum absolute atomic E-state index is 0.0311. The van der Waals surface area contributed by atoms with Gasteiger partial charge in [-0.3, -0.25) is 4.79 Å². The topological polar surface area (TPSA) is 54.9 Å². The van der Waals surface area contributed by atoms with Crippen LogP contribution in [0.4, 0.5) is 0 Å². The van der Waals surface area contributed by atoms with Crippen LogP contribution in [0.1, 0.15) is 47.4 Å². The summed E-state index contributed by atoms with van der Waals surface area (Å²) < 4.78 is 0. The minimum Gasteiger partial charge on any atom is -0.352 e. The Hall–Kier alpha value is -0.970. The second-order valence-electron chi connectivity index (χ2n) is 5.31. The number of aryl methyl sites for hydroxylation is 2. The van der Waals surface area contributed by atoms with Crippen LogP contribution in [0.5, 0.6) is 0 Å². The normalized spacial score (nSPS) is 23.1. The fourth-order valence-electron chi connectivity index (χ4n) is 2.44. The highest BCUT2D eigenvalue weighted by atomic mass is 79.9. The fraction of sp³-hybridized carbons (Fsp3) is 0.643. The molecule has 19 heavy (non-hydrogen) atoms. The highest BCUT2D eigenvalue weighted by molar-refractivity contribution is 9.09. The maximum Gasteiger partial charge on any atom is 0.253 e. The average molecular weight is 326 g/mol. The van der Waals surface area contributed by atoms with Gasteiger partial charge in [-0.1, -0.05) is 15.9 Å². The molecule has 1 saturated carbocycles. The van der Waals surface area contributed by atoms with Crippen LogP contribution in [-0.2, 0) is 0 Å². The lowest BCUT2D eigenvalue weighted by Gasteiger charge is -2.25. The fourth-order valence-corrected chi connectivity index (χ4v) is 2.97. The molecular formula is C14H20BrN3O. The van der Waals surface area contributed by atoms with E-state index in [1.54, 1.807) is 6.07 Å². The van der Waals surface area contributed by atoms with Crippen molar-refractivity contribution >= 4 is 21.8 Å². The van der Waals surface area contributed by atoms with E-state index in [-0.39, 0.29) is 5.91 Å². The molecule has 0 atom stereocenters. The molecule has 0 bridgehead atoms. The molecule has 0 saturated heterocycles. The highest BCUT2D eigenvalue weighted by Gasteiger charge is 2.20. The van der Waals surface area contributed by atoms with E-state index in [0.29, 0.717) is 22.0 Å². The molecule has 1 aromatic heterocycles. The first-order valence-electron chi connectivity index (χ1n) is 6.79. The standard InChI is InChI=1S/C14H20BrN3O/c1-9-7-13(10(2)18-17-9)14(19)16-8-11-3-5-12(15)6-4-11/h7,11-12H,3-6,8H2,1-2H3,(H,16,19). The van der Waals surface area contributed by atoms with Crippen molar-refractivity contribution in [3.63, 3.8) is 0 Å². The van der Waals surface area contributed by atoms with E-state index in [2.05, 4.69) is 31.4 Å². The van der Waals surface area contributed by atoms with E-state index < -0.39 is 0 Å². The summed E-state index contributed by atoms with van der Waals surface area (Å²) in [7, 11) is 0. The third-order valence-electron chi connectivity index (χ3n) is 3.67. The van der Waals surface area contributed by atoms with Gasteiger partial charge in [0.05, 0.1) is 17.0 Å². The van der Waals surface area contributed by atoms with Gasteiger partial charge in [-0.25, -0.2) is 0 Å². The molecule has 1 aliphatic rings. The van der Waals surface area contributed by atoms with Crippen LogP contribution in [0.2, 0.25) is 0 Å². The first-order valence-corrected chi connectivity index (χ1v) is 7.71. The lowest BCUT2D eigenvalue weighted by molar-refractivity contribution is 0.0942. The van der Waals surface area contributed by atoms with Gasteiger partial charge in [0.1, 0.15) is 0 Å². The van der Waals surface area contributed by atoms with Crippen molar-refractivity contribution in [3.8, 4) is 0 Å². The third kappa shape index (κ3) is 4.00. The Morgan fingerprint density at radius 3 is 2.68 bits per heavy atom. The number of alkyl halides is 1. The highest BCUT2D eigenvalue weighted by Crippen LogP contribution is 2.28. The number of nitrogens with one attached hydrogen (secondary N) is 1. The molecule has 0 spiro atoms. The number of hydrogen-bond acceptors (Lipinski definition) is 3. The summed E-state index contributed by atoms with van der Waals surface area (Å²) in [5.74, 6) is 0.574. The van der Waals surface area contributed by atoms with Crippen LogP contribution in [0.3, 0.4) is 0 Å². The van der Waals surface area contributed by atoms with Crippen molar-refractivity contribution in [1.29, 1.82) is 0 Å². The van der Waals surface area contributed by atoms with Crippen molar-refractivity contribution in [3.05, 3.63) is 23.0 Å². The minimum atomic E-state index is -0.0311. The van der Waals surface area contributed by atoms with Gasteiger partial charge in [0.2, 0.25) is 0 Å². The van der Waals surface area contributed by atoms with Crippen LogP contribution in [-0.4, -0.2) is 27.5 Å². The summed E-state index contributed by atoms with van der Waals surface area (Å²) in [4.78, 5) is 12.8. The molecular weight excluding hydrogens is 306 g/mol. The third-order valence-corrected chi connectivity index (χ3v) is 4.59. The summed E-state index contributed by atoms with van der Waals surface area (Å²) in [6.45, 7) is 4.43. The predicted molar refractivity (Wildman–Crippen MR) is 78.5 cm³/mol. The van der Waals surface area contributed by atoms with E-state index >= 15 is 0 Å². The lowest BCUT2D eigenvalue weighted by atomic mass is 9.89. The zero-order valence-electron chi connectivity index (χ0n) is 11.4. The molecule has 0 aliphatic heterocycles. The molecule has 0 radical (unpaired) electrons. The molecule has 1 amide bonds. The predicted octanol–water partition coefficient (Wildman–Crippen LogP) is 2.78. The zero-order valence-corrected chi connectivity index (χ0v) is 13.0. The molecule has 5 heteroatoms. The molecule has 0 aromatic carbocycles. The second kappa shape index (κ2) is 6.46. The molecule has 0 unspecified atom stereocenters. The summed E-state index contributed by atoms with van der Waals surface area (Å²) in [6, 6.07) is 1.80. The SMILES string of the molecule is Cc1cc(C(=O)NCC2CCC(Br)CC2)c(C)nn1. The molecule has 1 N–H and O–H groups in total. The largest absolute Gasteiger partial charge is 0.352 e. The van der Waals surface area contributed by atoms with E-state index in [0.717, 1.165) is 12.2 Å². The van der Waals surface area contributed by atoms with Gasteiger partial charge >= 0.3 is 0 Å². The number of hydrogen-bond donors (Lipinski definition) is 1. The Balaban J connectivity index is 1.89. The van der Waals surface area contributed by atoms with Gasteiger partial charge in [0, 0.05) is 11.4 Å². The van der Waals surface area contributed by atoms with Gasteiger partial charge < -0.3 is 5.32 Å².